The molecule has 0 aliphatic carbocycles. The Balaban J connectivity index is 2.57. The van der Waals surface area contributed by atoms with Crippen molar-refractivity contribution >= 4 is 21.5 Å². The minimum absolute atomic E-state index is 0.431. The summed E-state index contributed by atoms with van der Waals surface area (Å²) in [6.45, 7) is 0. The molecule has 0 bridgehead atoms. The van der Waals surface area contributed by atoms with Crippen LogP contribution in [0.4, 0.5) is 0 Å². The summed E-state index contributed by atoms with van der Waals surface area (Å²) >= 11 is 0. The predicted molar refractivity (Wildman–Crippen MR) is 70.9 cm³/mol. The lowest BCUT2D eigenvalue weighted by Gasteiger charge is -2.06. The van der Waals surface area contributed by atoms with Gasteiger partial charge in [-0.3, -0.25) is 0 Å². The maximum absolute atomic E-state index is 9.22. The Morgan fingerprint density at radius 1 is 0.667 bits per heavy atom. The van der Waals surface area contributed by atoms with E-state index in [4.69, 9.17) is 5.26 Å². The summed E-state index contributed by atoms with van der Waals surface area (Å²) in [5, 5.41) is 22.3. The van der Waals surface area contributed by atoms with Crippen LogP contribution in [-0.4, -0.2) is 0 Å². The molecule has 0 N–H and O–H groups in total. The standard InChI is InChI=1S/C16H8N2/c17-9-12-6-8-14-13-4-2-1-3-11(13)5-7-15(14)16(12)10-18/h1-8H. The van der Waals surface area contributed by atoms with Crippen molar-refractivity contribution in [2.45, 2.75) is 0 Å². The van der Waals surface area contributed by atoms with Crippen molar-refractivity contribution in [3.8, 4) is 12.1 Å². The molecule has 0 aliphatic rings. The summed E-state index contributed by atoms with van der Waals surface area (Å²) in [6, 6.07) is 19.8. The van der Waals surface area contributed by atoms with Gasteiger partial charge in [-0.05, 0) is 22.2 Å². The van der Waals surface area contributed by atoms with E-state index in [9.17, 15) is 5.26 Å². The van der Waals surface area contributed by atoms with Gasteiger partial charge in [0.2, 0.25) is 0 Å². The summed E-state index contributed by atoms with van der Waals surface area (Å²) in [5.74, 6) is 0. The molecule has 0 radical (unpaired) electrons. The third-order valence-electron chi connectivity index (χ3n) is 3.16. The fourth-order valence-corrected chi connectivity index (χ4v) is 2.30. The Labute approximate surface area is 104 Å². The van der Waals surface area contributed by atoms with Crippen LogP contribution in [-0.2, 0) is 0 Å². The quantitative estimate of drug-likeness (QED) is 0.550. The monoisotopic (exact) mass is 228 g/mol. The van der Waals surface area contributed by atoms with Crippen LogP contribution in [0, 0.1) is 22.7 Å². The Hall–Kier alpha value is -2.84. The van der Waals surface area contributed by atoms with Crippen LogP contribution in [0.5, 0.6) is 0 Å². The zero-order valence-corrected chi connectivity index (χ0v) is 9.51. The van der Waals surface area contributed by atoms with E-state index in [1.54, 1.807) is 6.07 Å². The fraction of sp³-hybridized carbons (Fsp3) is 0. The molecule has 0 aromatic heterocycles. The Bertz CT molecular complexity index is 848. The smallest absolute Gasteiger partial charge is 0.101 e. The van der Waals surface area contributed by atoms with E-state index < -0.39 is 0 Å². The van der Waals surface area contributed by atoms with Crippen molar-refractivity contribution in [3.63, 3.8) is 0 Å². The van der Waals surface area contributed by atoms with Crippen LogP contribution >= 0.6 is 0 Å². The number of nitriles is 2. The number of rotatable bonds is 0. The molecule has 0 saturated heterocycles. The lowest BCUT2D eigenvalue weighted by molar-refractivity contribution is 1.45. The largest absolute Gasteiger partial charge is 0.192 e. The Morgan fingerprint density at radius 3 is 2.22 bits per heavy atom. The summed E-state index contributed by atoms with van der Waals surface area (Å²) < 4.78 is 0. The van der Waals surface area contributed by atoms with Gasteiger partial charge < -0.3 is 0 Å². The van der Waals surface area contributed by atoms with E-state index >= 15 is 0 Å². The van der Waals surface area contributed by atoms with Gasteiger partial charge in [0.1, 0.15) is 12.1 Å². The highest BCUT2D eigenvalue weighted by Gasteiger charge is 2.08. The maximum atomic E-state index is 9.22. The summed E-state index contributed by atoms with van der Waals surface area (Å²) in [5.41, 5.74) is 0.890. The van der Waals surface area contributed by atoms with Gasteiger partial charge in [0.05, 0.1) is 11.1 Å². The van der Waals surface area contributed by atoms with Crippen molar-refractivity contribution < 1.29 is 0 Å². The zero-order chi connectivity index (χ0) is 12.5. The van der Waals surface area contributed by atoms with Crippen LogP contribution in [0.3, 0.4) is 0 Å². The second-order valence-electron chi connectivity index (χ2n) is 4.09. The SMILES string of the molecule is N#Cc1ccc2c(ccc3ccccc32)c1C#N. The number of benzene rings is 3. The van der Waals surface area contributed by atoms with E-state index in [1.165, 1.54) is 0 Å². The van der Waals surface area contributed by atoms with Crippen LogP contribution in [0.1, 0.15) is 11.1 Å². The van der Waals surface area contributed by atoms with Crippen LogP contribution in [0.25, 0.3) is 21.5 Å². The molecule has 0 amide bonds. The predicted octanol–water partition coefficient (Wildman–Crippen LogP) is 3.74. The number of nitrogens with zero attached hydrogens (tertiary/aromatic N) is 2. The van der Waals surface area contributed by atoms with Gasteiger partial charge >= 0.3 is 0 Å². The van der Waals surface area contributed by atoms with E-state index in [0.717, 1.165) is 21.5 Å². The van der Waals surface area contributed by atoms with Crippen molar-refractivity contribution in [1.29, 1.82) is 10.5 Å². The van der Waals surface area contributed by atoms with Gasteiger partial charge in [-0.25, -0.2) is 0 Å². The number of hydrogen-bond donors (Lipinski definition) is 0. The molecule has 0 atom stereocenters. The third kappa shape index (κ3) is 1.34. The van der Waals surface area contributed by atoms with Gasteiger partial charge in [0.25, 0.3) is 0 Å². The molecule has 18 heavy (non-hydrogen) atoms. The third-order valence-corrected chi connectivity index (χ3v) is 3.16. The highest BCUT2D eigenvalue weighted by Crippen LogP contribution is 2.28. The van der Waals surface area contributed by atoms with Crippen LogP contribution in [0.2, 0.25) is 0 Å². The van der Waals surface area contributed by atoms with E-state index in [0.29, 0.717) is 11.1 Å². The number of fused-ring (bicyclic) bond motifs is 3. The van der Waals surface area contributed by atoms with Gasteiger partial charge in [-0.15, -0.1) is 0 Å². The molecule has 2 heteroatoms. The van der Waals surface area contributed by atoms with Crippen molar-refractivity contribution in [3.05, 3.63) is 59.7 Å². The van der Waals surface area contributed by atoms with Crippen LogP contribution < -0.4 is 0 Å². The molecule has 0 heterocycles. The molecule has 0 aliphatic heterocycles. The topological polar surface area (TPSA) is 47.6 Å². The first kappa shape index (κ1) is 10.3. The molecular formula is C16H8N2. The number of hydrogen-bond acceptors (Lipinski definition) is 2. The second kappa shape index (κ2) is 3.87. The molecule has 0 spiro atoms. The Kier molecular flexibility index (Phi) is 2.22. The molecular weight excluding hydrogens is 220 g/mol. The van der Waals surface area contributed by atoms with E-state index in [-0.39, 0.29) is 0 Å². The van der Waals surface area contributed by atoms with Gasteiger partial charge in [0.15, 0.2) is 0 Å². The molecule has 2 nitrogen and oxygen atoms in total. The summed E-state index contributed by atoms with van der Waals surface area (Å²) in [7, 11) is 0. The van der Waals surface area contributed by atoms with E-state index in [1.807, 2.05) is 42.5 Å². The van der Waals surface area contributed by atoms with Crippen molar-refractivity contribution in [1.82, 2.24) is 0 Å². The summed E-state index contributed by atoms with van der Waals surface area (Å²) in [4.78, 5) is 0. The minimum Gasteiger partial charge on any atom is -0.192 e. The molecule has 0 unspecified atom stereocenters. The molecule has 0 saturated carbocycles. The van der Waals surface area contributed by atoms with Gasteiger partial charge in [0, 0.05) is 5.39 Å². The van der Waals surface area contributed by atoms with Crippen LogP contribution in [0.15, 0.2) is 48.5 Å². The average Bonchev–Trinajstić information content (AvgIpc) is 2.45. The lowest BCUT2D eigenvalue weighted by atomic mass is 9.96. The molecule has 3 aromatic rings. The maximum Gasteiger partial charge on any atom is 0.101 e. The highest BCUT2D eigenvalue weighted by molar-refractivity contribution is 6.09. The second-order valence-corrected chi connectivity index (χ2v) is 4.09. The first-order valence-electron chi connectivity index (χ1n) is 5.60. The van der Waals surface area contributed by atoms with E-state index in [2.05, 4.69) is 12.1 Å². The molecule has 3 aromatic carbocycles. The van der Waals surface area contributed by atoms with Gasteiger partial charge in [-0.1, -0.05) is 42.5 Å². The first-order chi connectivity index (χ1) is 8.85. The Morgan fingerprint density at radius 2 is 1.44 bits per heavy atom. The minimum atomic E-state index is 0.431. The molecule has 3 rings (SSSR count). The van der Waals surface area contributed by atoms with Crippen molar-refractivity contribution in [2.24, 2.45) is 0 Å². The summed E-state index contributed by atoms with van der Waals surface area (Å²) in [6.07, 6.45) is 0. The average molecular weight is 228 g/mol. The van der Waals surface area contributed by atoms with Crippen molar-refractivity contribution in [2.75, 3.05) is 0 Å². The lowest BCUT2D eigenvalue weighted by Crippen LogP contribution is -1.87. The van der Waals surface area contributed by atoms with Gasteiger partial charge in [-0.2, -0.15) is 10.5 Å². The molecule has 82 valence electrons. The highest BCUT2D eigenvalue weighted by atomic mass is 14.3. The fourth-order valence-electron chi connectivity index (χ4n) is 2.30. The zero-order valence-electron chi connectivity index (χ0n) is 9.51. The normalized spacial score (nSPS) is 10.1. The first-order valence-corrected chi connectivity index (χ1v) is 5.60. The molecule has 0 fully saturated rings.